The monoisotopic (exact) mass is 342 g/mol. The average Bonchev–Trinajstić information content (AvgIpc) is 2.63. The Balaban J connectivity index is 1.87. The van der Waals surface area contributed by atoms with Crippen molar-refractivity contribution in [3.05, 3.63) is 54.1 Å². The number of rotatable bonds is 9. The molecule has 2 rings (SSSR count). The number of benzene rings is 2. The van der Waals surface area contributed by atoms with Gasteiger partial charge in [0.2, 0.25) is 0 Å². The van der Waals surface area contributed by atoms with Gasteiger partial charge in [-0.15, -0.1) is 0 Å². The molecule has 0 saturated heterocycles. The van der Waals surface area contributed by atoms with E-state index in [2.05, 4.69) is 10.5 Å². The van der Waals surface area contributed by atoms with Crippen LogP contribution < -0.4 is 19.6 Å². The topological polar surface area (TPSA) is 69.2 Å². The predicted octanol–water partition coefficient (Wildman–Crippen LogP) is 3.01. The van der Waals surface area contributed by atoms with Crippen molar-refractivity contribution in [2.24, 2.45) is 5.10 Å². The van der Waals surface area contributed by atoms with E-state index in [1.165, 1.54) is 6.21 Å². The zero-order valence-corrected chi connectivity index (χ0v) is 14.4. The van der Waals surface area contributed by atoms with E-state index >= 15 is 0 Å². The highest BCUT2D eigenvalue weighted by molar-refractivity contribution is 5.85. The molecule has 1 N–H and O–H groups in total. The molecule has 6 heteroatoms. The van der Waals surface area contributed by atoms with Gasteiger partial charge in [-0.25, -0.2) is 5.43 Å². The highest BCUT2D eigenvalue weighted by atomic mass is 16.5. The Morgan fingerprint density at radius 2 is 1.48 bits per heavy atom. The molecule has 0 atom stereocenters. The Morgan fingerprint density at radius 1 is 0.920 bits per heavy atom. The second-order valence-corrected chi connectivity index (χ2v) is 4.93. The normalized spacial score (nSPS) is 10.5. The molecule has 0 aliphatic heterocycles. The number of hydrazone groups is 1. The number of nitrogens with one attached hydrogen (secondary N) is 1. The highest BCUT2D eigenvalue weighted by Gasteiger charge is 2.06. The number of carbonyl (C=O) groups excluding carboxylic acids is 1. The third kappa shape index (κ3) is 5.84. The molecular formula is C19H22N2O4. The lowest BCUT2D eigenvalue weighted by molar-refractivity contribution is -0.123. The van der Waals surface area contributed by atoms with E-state index in [1.807, 2.05) is 50.2 Å². The van der Waals surface area contributed by atoms with Crippen LogP contribution in [0.4, 0.5) is 0 Å². The Bertz CT molecular complexity index is 716. The maximum Gasteiger partial charge on any atom is 0.277 e. The van der Waals surface area contributed by atoms with Gasteiger partial charge >= 0.3 is 0 Å². The van der Waals surface area contributed by atoms with Crippen LogP contribution in [0, 0.1) is 0 Å². The average molecular weight is 342 g/mol. The van der Waals surface area contributed by atoms with Crippen molar-refractivity contribution in [2.75, 3.05) is 19.8 Å². The van der Waals surface area contributed by atoms with E-state index in [-0.39, 0.29) is 12.5 Å². The molecule has 0 saturated carbocycles. The van der Waals surface area contributed by atoms with Gasteiger partial charge < -0.3 is 14.2 Å². The molecule has 1 amide bonds. The number of carbonyl (C=O) groups is 1. The van der Waals surface area contributed by atoms with Crippen molar-refractivity contribution >= 4 is 12.1 Å². The van der Waals surface area contributed by atoms with E-state index in [9.17, 15) is 4.79 Å². The Kier molecular flexibility index (Phi) is 7.31. The van der Waals surface area contributed by atoms with Crippen LogP contribution in [0.2, 0.25) is 0 Å². The second-order valence-electron chi connectivity index (χ2n) is 4.93. The second kappa shape index (κ2) is 9.97. The summed E-state index contributed by atoms with van der Waals surface area (Å²) in [5.74, 6) is 1.47. The minimum Gasteiger partial charge on any atom is -0.493 e. The fourth-order valence-corrected chi connectivity index (χ4v) is 2.07. The summed E-state index contributed by atoms with van der Waals surface area (Å²) in [5, 5.41) is 3.94. The van der Waals surface area contributed by atoms with Crippen LogP contribution in [0.1, 0.15) is 19.4 Å². The Hall–Kier alpha value is -3.02. The maximum absolute atomic E-state index is 11.9. The number of hydrogen-bond donors (Lipinski definition) is 1. The van der Waals surface area contributed by atoms with E-state index in [4.69, 9.17) is 14.2 Å². The number of ether oxygens (including phenoxy) is 3. The minimum atomic E-state index is -0.364. The zero-order valence-electron chi connectivity index (χ0n) is 14.4. The zero-order chi connectivity index (χ0) is 17.9. The van der Waals surface area contributed by atoms with Crippen LogP contribution in [0.25, 0.3) is 0 Å². The lowest BCUT2D eigenvalue weighted by atomic mass is 10.2. The molecule has 0 aliphatic carbocycles. The fourth-order valence-electron chi connectivity index (χ4n) is 2.07. The smallest absolute Gasteiger partial charge is 0.277 e. The van der Waals surface area contributed by atoms with Gasteiger partial charge in [0.1, 0.15) is 5.75 Å². The van der Waals surface area contributed by atoms with Crippen molar-refractivity contribution < 1.29 is 19.0 Å². The van der Waals surface area contributed by atoms with Crippen LogP contribution >= 0.6 is 0 Å². The van der Waals surface area contributed by atoms with Crippen molar-refractivity contribution in [2.45, 2.75) is 13.8 Å². The first-order valence-corrected chi connectivity index (χ1v) is 8.13. The molecule has 2 aromatic rings. The molecule has 0 fully saturated rings. The molecule has 0 unspecified atom stereocenters. The molecule has 0 radical (unpaired) electrons. The highest BCUT2D eigenvalue weighted by Crippen LogP contribution is 2.26. The molecule has 0 heterocycles. The molecule has 0 aliphatic rings. The number of para-hydroxylation sites is 3. The van der Waals surface area contributed by atoms with Gasteiger partial charge in [-0.1, -0.05) is 24.3 Å². The first-order chi connectivity index (χ1) is 12.2. The largest absolute Gasteiger partial charge is 0.493 e. The molecule has 6 nitrogen and oxygen atoms in total. The van der Waals surface area contributed by atoms with Gasteiger partial charge in [-0.2, -0.15) is 5.10 Å². The van der Waals surface area contributed by atoms with Gasteiger partial charge in [-0.05, 0) is 38.1 Å². The summed E-state index contributed by atoms with van der Waals surface area (Å²) in [7, 11) is 0. The van der Waals surface area contributed by atoms with Crippen LogP contribution in [-0.2, 0) is 4.79 Å². The standard InChI is InChI=1S/C19H22N2O4/c1-3-23-16-10-6-5-9-15(16)13-20-21-19(22)14-25-18-12-8-7-11-17(18)24-4-2/h5-13H,3-4,14H2,1-2H3,(H,21,22). The molecule has 0 spiro atoms. The third-order valence-corrected chi connectivity index (χ3v) is 3.12. The van der Waals surface area contributed by atoms with Gasteiger partial charge in [0.05, 0.1) is 19.4 Å². The van der Waals surface area contributed by atoms with Crippen molar-refractivity contribution in [3.63, 3.8) is 0 Å². The summed E-state index contributed by atoms with van der Waals surface area (Å²) in [6.07, 6.45) is 1.54. The van der Waals surface area contributed by atoms with E-state index < -0.39 is 0 Å². The van der Waals surface area contributed by atoms with Crippen LogP contribution in [-0.4, -0.2) is 31.9 Å². The summed E-state index contributed by atoms with van der Waals surface area (Å²) >= 11 is 0. The van der Waals surface area contributed by atoms with Gasteiger partial charge in [0.25, 0.3) is 5.91 Å². The lowest BCUT2D eigenvalue weighted by Crippen LogP contribution is -2.24. The van der Waals surface area contributed by atoms with Crippen LogP contribution in [0.15, 0.2) is 53.6 Å². The van der Waals surface area contributed by atoms with Crippen molar-refractivity contribution in [1.82, 2.24) is 5.43 Å². The summed E-state index contributed by atoms with van der Waals surface area (Å²) in [4.78, 5) is 11.9. The Labute approximate surface area is 147 Å². The first kappa shape index (κ1) is 18.3. The maximum atomic E-state index is 11.9. The summed E-state index contributed by atoms with van der Waals surface area (Å²) in [5.41, 5.74) is 3.22. The van der Waals surface area contributed by atoms with Gasteiger partial charge in [0.15, 0.2) is 18.1 Å². The molecular weight excluding hydrogens is 320 g/mol. The van der Waals surface area contributed by atoms with Crippen LogP contribution in [0.5, 0.6) is 17.2 Å². The molecule has 2 aromatic carbocycles. The summed E-state index contributed by atoms with van der Waals surface area (Å²) in [6.45, 7) is 4.72. The lowest BCUT2D eigenvalue weighted by Gasteiger charge is -2.10. The van der Waals surface area contributed by atoms with Crippen LogP contribution in [0.3, 0.4) is 0 Å². The summed E-state index contributed by atoms with van der Waals surface area (Å²) in [6, 6.07) is 14.7. The van der Waals surface area contributed by atoms with E-state index in [1.54, 1.807) is 12.1 Å². The van der Waals surface area contributed by atoms with E-state index in [0.29, 0.717) is 30.5 Å². The van der Waals surface area contributed by atoms with Crippen molar-refractivity contribution in [1.29, 1.82) is 0 Å². The third-order valence-electron chi connectivity index (χ3n) is 3.12. The Morgan fingerprint density at radius 3 is 2.16 bits per heavy atom. The predicted molar refractivity (Wildman–Crippen MR) is 96.5 cm³/mol. The van der Waals surface area contributed by atoms with Gasteiger partial charge in [-0.3, -0.25) is 4.79 Å². The number of nitrogens with zero attached hydrogens (tertiary/aromatic N) is 1. The molecule has 0 bridgehead atoms. The van der Waals surface area contributed by atoms with E-state index in [0.717, 1.165) is 5.56 Å². The quantitative estimate of drug-likeness (QED) is 0.562. The SMILES string of the molecule is CCOc1ccccc1C=NNC(=O)COc1ccccc1OCC. The van der Waals surface area contributed by atoms with Crippen molar-refractivity contribution in [3.8, 4) is 17.2 Å². The minimum absolute atomic E-state index is 0.158. The number of amides is 1. The number of hydrogen-bond acceptors (Lipinski definition) is 5. The van der Waals surface area contributed by atoms with Gasteiger partial charge in [0, 0.05) is 5.56 Å². The molecule has 0 aromatic heterocycles. The fraction of sp³-hybridized carbons (Fsp3) is 0.263. The molecule has 132 valence electrons. The summed E-state index contributed by atoms with van der Waals surface area (Å²) < 4.78 is 16.4. The first-order valence-electron chi connectivity index (χ1n) is 8.13. The molecule has 25 heavy (non-hydrogen) atoms.